The molecule has 18 heavy (non-hydrogen) atoms. The molecule has 0 aliphatic heterocycles. The van der Waals surface area contributed by atoms with Crippen molar-refractivity contribution in [2.45, 2.75) is 6.92 Å². The van der Waals surface area contributed by atoms with Crippen LogP contribution in [0.25, 0.3) is 0 Å². The van der Waals surface area contributed by atoms with Gasteiger partial charge in [-0.1, -0.05) is 12.1 Å². The number of nitrogens with zero attached hydrogens (tertiary/aromatic N) is 1. The highest BCUT2D eigenvalue weighted by molar-refractivity contribution is 9.10. The zero-order chi connectivity index (χ0) is 13.5. The molecule has 0 aliphatic rings. The second kappa shape index (κ2) is 7.18. The molecule has 2 N–H and O–H groups in total. The number of hydrogen-bond acceptors (Lipinski definition) is 2. The van der Waals surface area contributed by atoms with Crippen LogP contribution in [0.5, 0.6) is 0 Å². The summed E-state index contributed by atoms with van der Waals surface area (Å²) < 4.78 is 0.832. The number of anilines is 1. The van der Waals surface area contributed by atoms with Crippen molar-refractivity contribution in [3.05, 3.63) is 40.9 Å². The largest absolute Gasteiger partial charge is 0.395 e. The summed E-state index contributed by atoms with van der Waals surface area (Å²) in [6, 6.07) is 5.43. The van der Waals surface area contributed by atoms with Crippen molar-refractivity contribution in [3.8, 4) is 0 Å². The third-order valence-electron chi connectivity index (χ3n) is 2.37. The molecule has 98 valence electrons. The van der Waals surface area contributed by atoms with Gasteiger partial charge in [0.05, 0.1) is 12.3 Å². The number of benzene rings is 1. The van der Waals surface area contributed by atoms with E-state index in [2.05, 4.69) is 27.8 Å². The number of carbonyl (C=O) groups excluding carboxylic acids is 1. The number of aliphatic hydroxyl groups excluding tert-OH is 1. The van der Waals surface area contributed by atoms with E-state index in [0.29, 0.717) is 12.2 Å². The molecule has 0 saturated carbocycles. The van der Waals surface area contributed by atoms with Crippen LogP contribution in [-0.2, 0) is 0 Å². The Bertz CT molecular complexity index is 435. The molecule has 0 unspecified atom stereocenters. The maximum atomic E-state index is 12.0. The number of halogens is 1. The number of hydrogen-bond donors (Lipinski definition) is 2. The van der Waals surface area contributed by atoms with Crippen LogP contribution in [-0.4, -0.2) is 35.7 Å². The SMILES string of the molecule is C=CCN(CCO)C(=O)Nc1ccc(C)cc1Br. The van der Waals surface area contributed by atoms with Crippen molar-refractivity contribution >= 4 is 27.6 Å². The van der Waals surface area contributed by atoms with E-state index in [-0.39, 0.29) is 19.2 Å². The first-order valence-corrected chi connectivity index (χ1v) is 6.41. The normalized spacial score (nSPS) is 9.94. The maximum absolute atomic E-state index is 12.0. The van der Waals surface area contributed by atoms with Gasteiger partial charge in [0.25, 0.3) is 0 Å². The number of aliphatic hydroxyl groups is 1. The first-order valence-electron chi connectivity index (χ1n) is 5.62. The maximum Gasteiger partial charge on any atom is 0.322 e. The van der Waals surface area contributed by atoms with Crippen LogP contribution in [0.3, 0.4) is 0 Å². The molecular weight excluding hydrogens is 296 g/mol. The first kappa shape index (κ1) is 14.7. The van der Waals surface area contributed by atoms with Crippen molar-refractivity contribution in [2.75, 3.05) is 25.0 Å². The Morgan fingerprint density at radius 1 is 1.61 bits per heavy atom. The Balaban J connectivity index is 2.75. The fourth-order valence-corrected chi connectivity index (χ4v) is 2.06. The topological polar surface area (TPSA) is 52.6 Å². The molecule has 0 bridgehead atoms. The van der Waals surface area contributed by atoms with E-state index in [1.807, 2.05) is 25.1 Å². The van der Waals surface area contributed by atoms with E-state index >= 15 is 0 Å². The van der Waals surface area contributed by atoms with Crippen LogP contribution >= 0.6 is 15.9 Å². The second-order valence-corrected chi connectivity index (χ2v) is 4.73. The molecular formula is C13H17BrN2O2. The lowest BCUT2D eigenvalue weighted by atomic mass is 10.2. The number of carbonyl (C=O) groups is 1. The molecule has 0 atom stereocenters. The van der Waals surface area contributed by atoms with Gasteiger partial charge >= 0.3 is 6.03 Å². The predicted octanol–water partition coefficient (Wildman–Crippen LogP) is 2.77. The number of amides is 2. The Hall–Kier alpha value is -1.33. The van der Waals surface area contributed by atoms with Crippen molar-refractivity contribution in [1.29, 1.82) is 0 Å². The molecule has 0 fully saturated rings. The van der Waals surface area contributed by atoms with E-state index in [4.69, 9.17) is 5.11 Å². The third-order valence-corrected chi connectivity index (χ3v) is 3.03. The molecule has 0 radical (unpaired) electrons. The highest BCUT2D eigenvalue weighted by Gasteiger charge is 2.12. The van der Waals surface area contributed by atoms with Crippen LogP contribution < -0.4 is 5.32 Å². The fourth-order valence-electron chi connectivity index (χ4n) is 1.47. The van der Waals surface area contributed by atoms with Crippen LogP contribution in [0, 0.1) is 6.92 Å². The van der Waals surface area contributed by atoms with Gasteiger partial charge in [-0.05, 0) is 40.5 Å². The molecule has 0 saturated heterocycles. The van der Waals surface area contributed by atoms with Gasteiger partial charge in [0.1, 0.15) is 0 Å². The number of urea groups is 1. The van der Waals surface area contributed by atoms with Crippen LogP contribution in [0.1, 0.15) is 5.56 Å². The molecule has 4 nitrogen and oxygen atoms in total. The quantitative estimate of drug-likeness (QED) is 0.821. The summed E-state index contributed by atoms with van der Waals surface area (Å²) >= 11 is 3.40. The Labute approximate surface area is 115 Å². The summed E-state index contributed by atoms with van der Waals surface area (Å²) in [6.07, 6.45) is 1.62. The summed E-state index contributed by atoms with van der Waals surface area (Å²) in [4.78, 5) is 13.5. The monoisotopic (exact) mass is 312 g/mol. The summed E-state index contributed by atoms with van der Waals surface area (Å²) in [5.41, 5.74) is 1.82. The molecule has 0 aliphatic carbocycles. The standard InChI is InChI=1S/C13H17BrN2O2/c1-3-6-16(7-8-17)13(18)15-12-5-4-10(2)9-11(12)14/h3-5,9,17H,1,6-8H2,2H3,(H,15,18). The van der Waals surface area contributed by atoms with Gasteiger partial charge in [-0.15, -0.1) is 6.58 Å². The summed E-state index contributed by atoms with van der Waals surface area (Å²) in [5, 5.41) is 11.7. The van der Waals surface area contributed by atoms with Gasteiger partial charge < -0.3 is 15.3 Å². The lowest BCUT2D eigenvalue weighted by Gasteiger charge is -2.21. The van der Waals surface area contributed by atoms with E-state index < -0.39 is 0 Å². The minimum Gasteiger partial charge on any atom is -0.395 e. The van der Waals surface area contributed by atoms with Crippen LogP contribution in [0.2, 0.25) is 0 Å². The molecule has 5 heteroatoms. The fraction of sp³-hybridized carbons (Fsp3) is 0.308. The van der Waals surface area contributed by atoms with Crippen molar-refractivity contribution < 1.29 is 9.90 Å². The molecule has 0 aromatic heterocycles. The highest BCUT2D eigenvalue weighted by atomic mass is 79.9. The van der Waals surface area contributed by atoms with Gasteiger partial charge in [0.15, 0.2) is 0 Å². The van der Waals surface area contributed by atoms with Crippen LogP contribution in [0.4, 0.5) is 10.5 Å². The number of rotatable bonds is 5. The van der Waals surface area contributed by atoms with Crippen molar-refractivity contribution in [3.63, 3.8) is 0 Å². The van der Waals surface area contributed by atoms with E-state index in [9.17, 15) is 4.79 Å². The Kier molecular flexibility index (Phi) is 5.88. The average molecular weight is 313 g/mol. The van der Waals surface area contributed by atoms with Crippen molar-refractivity contribution in [1.82, 2.24) is 4.90 Å². The van der Waals surface area contributed by atoms with Gasteiger partial charge in [0.2, 0.25) is 0 Å². The predicted molar refractivity (Wildman–Crippen MR) is 76.8 cm³/mol. The van der Waals surface area contributed by atoms with E-state index in [1.54, 1.807) is 6.08 Å². The lowest BCUT2D eigenvalue weighted by Crippen LogP contribution is -2.37. The Morgan fingerprint density at radius 3 is 2.89 bits per heavy atom. The zero-order valence-corrected chi connectivity index (χ0v) is 11.9. The molecule has 0 spiro atoms. The Morgan fingerprint density at radius 2 is 2.33 bits per heavy atom. The van der Waals surface area contributed by atoms with E-state index in [1.165, 1.54) is 4.90 Å². The first-order chi connectivity index (χ1) is 8.58. The van der Waals surface area contributed by atoms with Crippen LogP contribution in [0.15, 0.2) is 35.3 Å². The third kappa shape index (κ3) is 4.16. The molecule has 1 aromatic carbocycles. The second-order valence-electron chi connectivity index (χ2n) is 3.87. The summed E-state index contributed by atoms with van der Waals surface area (Å²) in [6.45, 7) is 6.17. The molecule has 0 heterocycles. The number of nitrogens with one attached hydrogen (secondary N) is 1. The van der Waals surface area contributed by atoms with Gasteiger partial charge in [-0.3, -0.25) is 0 Å². The molecule has 2 amide bonds. The smallest absolute Gasteiger partial charge is 0.322 e. The average Bonchev–Trinajstić information content (AvgIpc) is 2.32. The highest BCUT2D eigenvalue weighted by Crippen LogP contribution is 2.23. The minimum atomic E-state index is -0.256. The van der Waals surface area contributed by atoms with Crippen molar-refractivity contribution in [2.24, 2.45) is 0 Å². The minimum absolute atomic E-state index is 0.0731. The molecule has 1 aromatic rings. The van der Waals surface area contributed by atoms with E-state index in [0.717, 1.165) is 10.0 Å². The summed E-state index contributed by atoms with van der Waals surface area (Å²) in [7, 11) is 0. The zero-order valence-electron chi connectivity index (χ0n) is 10.3. The van der Waals surface area contributed by atoms with Gasteiger partial charge in [-0.2, -0.15) is 0 Å². The molecule has 1 rings (SSSR count). The van der Waals surface area contributed by atoms with Gasteiger partial charge in [0, 0.05) is 17.6 Å². The van der Waals surface area contributed by atoms with Gasteiger partial charge in [-0.25, -0.2) is 4.79 Å². The lowest BCUT2D eigenvalue weighted by molar-refractivity contribution is 0.195. The summed E-state index contributed by atoms with van der Waals surface area (Å²) in [5.74, 6) is 0. The number of aryl methyl sites for hydroxylation is 1.